The second-order valence-corrected chi connectivity index (χ2v) is 13.3. The van der Waals surface area contributed by atoms with Crippen molar-refractivity contribution in [2.75, 3.05) is 0 Å². The van der Waals surface area contributed by atoms with Crippen molar-refractivity contribution in [1.29, 1.82) is 0 Å². The number of hydrogen-bond acceptors (Lipinski definition) is 4. The quantitative estimate of drug-likeness (QED) is 0.346. The molecule has 2 atom stereocenters. The van der Waals surface area contributed by atoms with Gasteiger partial charge >= 0.3 is 0 Å². The molecular weight excluding hydrogens is 472 g/mol. The number of thioether (sulfide) groups is 3. The van der Waals surface area contributed by atoms with Crippen LogP contribution in [0.2, 0.25) is 0 Å². The zero-order valence-electron chi connectivity index (χ0n) is 18.2. The molecule has 5 rings (SSSR count). The zero-order chi connectivity index (χ0) is 22.4. The molecule has 3 aromatic rings. The lowest BCUT2D eigenvalue weighted by Gasteiger charge is -2.18. The van der Waals surface area contributed by atoms with E-state index in [9.17, 15) is 4.39 Å². The van der Waals surface area contributed by atoms with E-state index in [1.54, 1.807) is 34.9 Å². The Bertz CT molecular complexity index is 1230. The van der Waals surface area contributed by atoms with E-state index in [2.05, 4.69) is 62.4 Å². The molecule has 3 heterocycles. The standard InChI is InChI=1S/C27H25FS4/c1-15(2)23-11-19-9-16(3)30-26-13-25-20(10-22(26)17(4)29-14-27(19)31-23)12-24(32-25)18-5-7-21(28)8-6-18/h5-8,10,12-15,19,23H,3-4,9,11H2,1-2H3/b27-14+. The summed E-state index contributed by atoms with van der Waals surface area (Å²) in [5, 5.41) is 4.24. The van der Waals surface area contributed by atoms with Crippen molar-refractivity contribution in [1.82, 2.24) is 0 Å². The first kappa shape index (κ1) is 22.4. The lowest BCUT2D eigenvalue weighted by atomic mass is 9.95. The van der Waals surface area contributed by atoms with Crippen molar-refractivity contribution < 1.29 is 4.39 Å². The van der Waals surface area contributed by atoms with Crippen LogP contribution in [0.25, 0.3) is 25.4 Å². The van der Waals surface area contributed by atoms with Gasteiger partial charge in [0, 0.05) is 30.2 Å². The topological polar surface area (TPSA) is 0 Å². The van der Waals surface area contributed by atoms with Crippen LogP contribution in [0.1, 0.15) is 32.3 Å². The summed E-state index contributed by atoms with van der Waals surface area (Å²) in [5.74, 6) is 1.06. The van der Waals surface area contributed by atoms with Crippen LogP contribution in [0.3, 0.4) is 0 Å². The second-order valence-electron chi connectivity index (χ2n) is 8.74. The molecule has 1 saturated heterocycles. The molecule has 2 aliphatic rings. The lowest BCUT2D eigenvalue weighted by molar-refractivity contribution is 0.514. The Morgan fingerprint density at radius 2 is 1.84 bits per heavy atom. The molecular formula is C27H25FS4. The molecule has 0 N–H and O–H groups in total. The number of rotatable bonds is 2. The van der Waals surface area contributed by atoms with Gasteiger partial charge in [0.25, 0.3) is 0 Å². The molecule has 0 saturated carbocycles. The first-order chi connectivity index (χ1) is 15.4. The summed E-state index contributed by atoms with van der Waals surface area (Å²) in [6, 6.07) is 13.5. The van der Waals surface area contributed by atoms with Gasteiger partial charge in [-0.15, -0.1) is 23.1 Å². The zero-order valence-corrected chi connectivity index (χ0v) is 21.5. The first-order valence-electron chi connectivity index (χ1n) is 10.8. The summed E-state index contributed by atoms with van der Waals surface area (Å²) in [4.78, 5) is 6.19. The average Bonchev–Trinajstić information content (AvgIpc) is 3.35. The van der Waals surface area contributed by atoms with Crippen LogP contribution in [0, 0.1) is 17.7 Å². The smallest absolute Gasteiger partial charge is 0.123 e. The largest absolute Gasteiger partial charge is 0.207 e. The maximum atomic E-state index is 13.4. The number of benzene rings is 2. The molecule has 2 unspecified atom stereocenters. The lowest BCUT2D eigenvalue weighted by Crippen LogP contribution is -2.08. The summed E-state index contributed by atoms with van der Waals surface area (Å²) >= 11 is 7.38. The molecule has 32 heavy (non-hydrogen) atoms. The monoisotopic (exact) mass is 496 g/mol. The third-order valence-electron chi connectivity index (χ3n) is 6.04. The molecule has 2 aromatic carbocycles. The minimum atomic E-state index is -0.204. The summed E-state index contributed by atoms with van der Waals surface area (Å²) < 4.78 is 14.6. The van der Waals surface area contributed by atoms with Gasteiger partial charge in [-0.25, -0.2) is 4.39 Å². The Labute approximate surface area is 206 Å². The highest BCUT2D eigenvalue weighted by Crippen LogP contribution is 2.52. The van der Waals surface area contributed by atoms with Crippen molar-refractivity contribution in [3.63, 3.8) is 0 Å². The molecule has 1 aromatic heterocycles. The highest BCUT2D eigenvalue weighted by molar-refractivity contribution is 8.12. The molecule has 0 spiro atoms. The maximum Gasteiger partial charge on any atom is 0.123 e. The fourth-order valence-electron chi connectivity index (χ4n) is 4.22. The van der Waals surface area contributed by atoms with Crippen LogP contribution in [0.5, 0.6) is 0 Å². The van der Waals surface area contributed by atoms with Gasteiger partial charge in [-0.3, -0.25) is 0 Å². The third kappa shape index (κ3) is 4.50. The van der Waals surface area contributed by atoms with Gasteiger partial charge < -0.3 is 0 Å². The number of hydrogen-bond donors (Lipinski definition) is 0. The normalized spacial score (nSPS) is 23.2. The van der Waals surface area contributed by atoms with Crippen LogP contribution < -0.4 is 0 Å². The summed E-state index contributed by atoms with van der Waals surface area (Å²) in [6.45, 7) is 13.5. The molecule has 0 radical (unpaired) electrons. The van der Waals surface area contributed by atoms with Crippen molar-refractivity contribution in [3.8, 4) is 10.4 Å². The fourth-order valence-corrected chi connectivity index (χ4v) is 8.95. The van der Waals surface area contributed by atoms with Crippen LogP contribution >= 0.6 is 46.6 Å². The van der Waals surface area contributed by atoms with E-state index in [1.807, 2.05) is 12.1 Å². The fraction of sp³-hybridized carbons (Fsp3) is 0.259. The Morgan fingerprint density at radius 3 is 2.59 bits per heavy atom. The van der Waals surface area contributed by atoms with Crippen molar-refractivity contribution >= 4 is 61.6 Å². The van der Waals surface area contributed by atoms with Gasteiger partial charge in [0.05, 0.1) is 0 Å². The molecule has 1 fully saturated rings. The summed E-state index contributed by atoms with van der Waals surface area (Å²) in [5.41, 5.74) is 2.24. The van der Waals surface area contributed by atoms with Gasteiger partial charge in [-0.1, -0.05) is 62.7 Å². The van der Waals surface area contributed by atoms with Crippen molar-refractivity contribution in [2.45, 2.75) is 36.8 Å². The Balaban J connectivity index is 1.51. The van der Waals surface area contributed by atoms with Crippen LogP contribution in [0.4, 0.5) is 4.39 Å². The molecule has 164 valence electrons. The molecule has 5 heteroatoms. The van der Waals surface area contributed by atoms with E-state index < -0.39 is 0 Å². The highest BCUT2D eigenvalue weighted by Gasteiger charge is 2.33. The minimum Gasteiger partial charge on any atom is -0.207 e. The summed E-state index contributed by atoms with van der Waals surface area (Å²) in [6.07, 6.45) is 2.27. The van der Waals surface area contributed by atoms with Crippen LogP contribution in [0.15, 0.2) is 75.7 Å². The predicted octanol–water partition coefficient (Wildman–Crippen LogP) is 10.0. The van der Waals surface area contributed by atoms with Gasteiger partial charge in [0.2, 0.25) is 0 Å². The van der Waals surface area contributed by atoms with E-state index in [-0.39, 0.29) is 5.82 Å². The van der Waals surface area contributed by atoms with Gasteiger partial charge in [-0.05, 0) is 81.2 Å². The minimum absolute atomic E-state index is 0.204. The number of fused-ring (bicyclic) bond motifs is 3. The third-order valence-corrected chi connectivity index (χ3v) is 11.0. The van der Waals surface area contributed by atoms with E-state index in [1.165, 1.54) is 48.9 Å². The molecule has 2 aliphatic heterocycles. The number of halogens is 1. The van der Waals surface area contributed by atoms with E-state index in [0.717, 1.165) is 21.8 Å². The Morgan fingerprint density at radius 1 is 1.06 bits per heavy atom. The average molecular weight is 497 g/mol. The Hall–Kier alpha value is -1.40. The maximum absolute atomic E-state index is 13.4. The number of thiophene rings is 1. The van der Waals surface area contributed by atoms with Crippen LogP contribution in [-0.2, 0) is 0 Å². The van der Waals surface area contributed by atoms with E-state index in [4.69, 9.17) is 0 Å². The molecule has 0 amide bonds. The van der Waals surface area contributed by atoms with Gasteiger partial charge in [-0.2, -0.15) is 0 Å². The molecule has 0 aliphatic carbocycles. The SMILES string of the molecule is C=C1CC2CC(C(C)C)S/C2=C/SC(=C)c2cc3cc(-c4ccc(F)cc4)sc3cc2S1. The Kier molecular flexibility index (Phi) is 6.36. The highest BCUT2D eigenvalue weighted by atomic mass is 32.2. The summed E-state index contributed by atoms with van der Waals surface area (Å²) in [7, 11) is 0. The van der Waals surface area contributed by atoms with Crippen LogP contribution in [-0.4, -0.2) is 5.25 Å². The van der Waals surface area contributed by atoms with E-state index in [0.29, 0.717) is 17.1 Å². The van der Waals surface area contributed by atoms with Gasteiger partial charge in [0.15, 0.2) is 0 Å². The van der Waals surface area contributed by atoms with E-state index >= 15 is 0 Å². The van der Waals surface area contributed by atoms with Crippen molar-refractivity contribution in [3.05, 3.63) is 82.2 Å². The molecule has 0 nitrogen and oxygen atoms in total. The molecule has 0 bridgehead atoms. The predicted molar refractivity (Wildman–Crippen MR) is 146 cm³/mol. The van der Waals surface area contributed by atoms with Gasteiger partial charge in [0.1, 0.15) is 5.82 Å². The van der Waals surface area contributed by atoms with Crippen molar-refractivity contribution in [2.24, 2.45) is 11.8 Å². The second kappa shape index (κ2) is 9.09. The first-order valence-corrected chi connectivity index (χ1v) is 14.2. The number of allylic oxidation sites excluding steroid dienone is 2.